The van der Waals surface area contributed by atoms with Gasteiger partial charge in [-0.2, -0.15) is 13.2 Å². The van der Waals surface area contributed by atoms with Crippen molar-refractivity contribution in [1.29, 1.82) is 0 Å². The fourth-order valence-electron chi connectivity index (χ4n) is 4.62. The molecule has 1 spiro atoms. The summed E-state index contributed by atoms with van der Waals surface area (Å²) in [5, 5.41) is 25.7. The zero-order valence-electron chi connectivity index (χ0n) is 16.5. The summed E-state index contributed by atoms with van der Waals surface area (Å²) in [5.74, 6) is -1.71. The van der Waals surface area contributed by atoms with Crippen LogP contribution in [0.3, 0.4) is 0 Å². The number of carbonyl (C=O) groups excluding carboxylic acids is 1. The van der Waals surface area contributed by atoms with Crippen LogP contribution in [0.1, 0.15) is 44.9 Å². The van der Waals surface area contributed by atoms with Crippen molar-refractivity contribution in [3.63, 3.8) is 0 Å². The fourth-order valence-corrected chi connectivity index (χ4v) is 4.62. The van der Waals surface area contributed by atoms with Crippen molar-refractivity contribution < 1.29 is 38.1 Å². The molecule has 1 saturated carbocycles. The molecule has 3 aliphatic rings. The number of piperidine rings is 1. The first-order valence-electron chi connectivity index (χ1n) is 10.2. The second-order valence-electron chi connectivity index (χ2n) is 8.45. The minimum Gasteiger partial charge on any atom is -0.475 e. The predicted molar refractivity (Wildman–Crippen MR) is 98.0 cm³/mol. The van der Waals surface area contributed by atoms with Crippen LogP contribution in [0.5, 0.6) is 0 Å². The number of carboxylic acids is 1. The Morgan fingerprint density at radius 3 is 2.31 bits per heavy atom. The topological polar surface area (TPSA) is 101 Å². The number of halogens is 3. The molecule has 0 aromatic rings. The highest BCUT2D eigenvalue weighted by molar-refractivity contribution is 5.89. The van der Waals surface area contributed by atoms with E-state index in [1.165, 1.54) is 32.1 Å². The number of carbonyl (C=O) groups is 2. The summed E-state index contributed by atoms with van der Waals surface area (Å²) in [5.41, 5.74) is -0.192. The molecule has 3 fully saturated rings. The van der Waals surface area contributed by atoms with Gasteiger partial charge in [-0.3, -0.25) is 9.69 Å². The number of aliphatic hydroxyl groups excluding tert-OH is 2. The van der Waals surface area contributed by atoms with Gasteiger partial charge in [0.1, 0.15) is 0 Å². The highest BCUT2D eigenvalue weighted by Gasteiger charge is 2.53. The van der Waals surface area contributed by atoms with E-state index in [2.05, 4.69) is 9.80 Å². The Hall–Kier alpha value is -1.39. The molecule has 0 aromatic heterocycles. The number of β-amino-alcohol motifs (C(OH)–C–C–N with tert-alkyl or cyclic N) is 1. The Kier molecular flexibility index (Phi) is 8.30. The average Bonchev–Trinajstić information content (AvgIpc) is 2.68. The van der Waals surface area contributed by atoms with E-state index in [4.69, 9.17) is 15.0 Å². The van der Waals surface area contributed by atoms with E-state index in [1.54, 1.807) is 0 Å². The monoisotopic (exact) mass is 424 g/mol. The SMILES string of the molecule is O=C(O)C(F)(F)F.O=C1N(CC2CCCCC2)CC12CCCN(CC(O)CO)C2. The van der Waals surface area contributed by atoms with E-state index in [0.717, 1.165) is 39.0 Å². The number of hydrogen-bond acceptors (Lipinski definition) is 5. The molecule has 1 aliphatic carbocycles. The van der Waals surface area contributed by atoms with Gasteiger partial charge < -0.3 is 20.2 Å². The minimum atomic E-state index is -5.08. The first-order chi connectivity index (χ1) is 13.6. The molecule has 2 saturated heterocycles. The Morgan fingerprint density at radius 1 is 1.17 bits per heavy atom. The third kappa shape index (κ3) is 6.55. The minimum absolute atomic E-state index is 0.192. The van der Waals surface area contributed by atoms with Crippen LogP contribution in [0.2, 0.25) is 0 Å². The molecule has 168 valence electrons. The quantitative estimate of drug-likeness (QED) is 0.578. The molecule has 1 amide bonds. The predicted octanol–water partition coefficient (Wildman–Crippen LogP) is 1.48. The molecule has 2 atom stereocenters. The van der Waals surface area contributed by atoms with E-state index < -0.39 is 18.2 Å². The number of likely N-dealkylation sites (tertiary alicyclic amines) is 2. The highest BCUT2D eigenvalue weighted by Crippen LogP contribution is 2.41. The highest BCUT2D eigenvalue weighted by atomic mass is 19.4. The average molecular weight is 424 g/mol. The van der Waals surface area contributed by atoms with Crippen LogP contribution in [0, 0.1) is 11.3 Å². The fraction of sp³-hybridized carbons (Fsp3) is 0.895. The summed E-state index contributed by atoms with van der Waals surface area (Å²) >= 11 is 0. The zero-order chi connectivity index (χ0) is 21.7. The molecule has 2 heterocycles. The van der Waals surface area contributed by atoms with Gasteiger partial charge in [-0.25, -0.2) is 4.79 Å². The molecular weight excluding hydrogens is 393 g/mol. The number of aliphatic hydroxyl groups is 2. The van der Waals surface area contributed by atoms with Gasteiger partial charge in [-0.1, -0.05) is 19.3 Å². The second kappa shape index (κ2) is 10.1. The smallest absolute Gasteiger partial charge is 0.475 e. The molecule has 2 unspecified atom stereocenters. The lowest BCUT2D eigenvalue weighted by atomic mass is 9.71. The molecule has 3 rings (SSSR count). The van der Waals surface area contributed by atoms with Gasteiger partial charge in [0.2, 0.25) is 5.91 Å². The Morgan fingerprint density at radius 2 is 1.79 bits per heavy atom. The van der Waals surface area contributed by atoms with E-state index in [-0.39, 0.29) is 12.0 Å². The third-order valence-electron chi connectivity index (χ3n) is 6.02. The number of nitrogens with zero attached hydrogens (tertiary/aromatic N) is 2. The van der Waals surface area contributed by atoms with Crippen LogP contribution in [-0.2, 0) is 9.59 Å². The first-order valence-corrected chi connectivity index (χ1v) is 10.2. The Bertz CT molecular complexity index is 569. The van der Waals surface area contributed by atoms with Crippen molar-refractivity contribution in [1.82, 2.24) is 9.80 Å². The summed E-state index contributed by atoms with van der Waals surface area (Å²) < 4.78 is 31.7. The van der Waals surface area contributed by atoms with Crippen molar-refractivity contribution in [3.05, 3.63) is 0 Å². The molecule has 0 radical (unpaired) electrons. The van der Waals surface area contributed by atoms with E-state index in [1.807, 2.05) is 0 Å². The lowest BCUT2D eigenvalue weighted by Gasteiger charge is -2.54. The van der Waals surface area contributed by atoms with Gasteiger partial charge in [-0.05, 0) is 38.1 Å². The van der Waals surface area contributed by atoms with Gasteiger partial charge in [0.25, 0.3) is 0 Å². The summed E-state index contributed by atoms with van der Waals surface area (Å²) in [6.45, 7) is 3.81. The van der Waals surface area contributed by atoms with Gasteiger partial charge >= 0.3 is 12.1 Å². The summed E-state index contributed by atoms with van der Waals surface area (Å²) in [6, 6.07) is 0. The molecule has 7 nitrogen and oxygen atoms in total. The maximum Gasteiger partial charge on any atom is 0.490 e. The van der Waals surface area contributed by atoms with E-state index in [0.29, 0.717) is 18.4 Å². The third-order valence-corrected chi connectivity index (χ3v) is 6.02. The summed E-state index contributed by atoms with van der Waals surface area (Å²) in [7, 11) is 0. The first kappa shape index (κ1) is 23.9. The van der Waals surface area contributed by atoms with Crippen molar-refractivity contribution in [2.45, 2.75) is 57.2 Å². The van der Waals surface area contributed by atoms with Gasteiger partial charge in [0.15, 0.2) is 0 Å². The van der Waals surface area contributed by atoms with E-state index in [9.17, 15) is 23.1 Å². The number of β-lactam (4-membered cyclic amide) rings is 1. The standard InChI is InChI=1S/C17H30N2O3.C2HF3O2/c20-11-15(21)10-18-8-4-7-17(12-18)13-19(16(17)22)9-14-5-2-1-3-6-14;3-2(4,5)1(6)7/h14-15,20-21H,1-13H2;(H,6,7). The number of carboxylic acid groups (broad SMARTS) is 1. The van der Waals surface area contributed by atoms with Crippen LogP contribution in [-0.4, -0.2) is 88.6 Å². The van der Waals surface area contributed by atoms with Gasteiger partial charge in [-0.15, -0.1) is 0 Å². The Labute approximate surface area is 168 Å². The number of amides is 1. The molecule has 10 heteroatoms. The van der Waals surface area contributed by atoms with Crippen LogP contribution >= 0.6 is 0 Å². The molecule has 3 N–H and O–H groups in total. The zero-order valence-corrected chi connectivity index (χ0v) is 16.5. The lowest BCUT2D eigenvalue weighted by molar-refractivity contribution is -0.192. The lowest BCUT2D eigenvalue weighted by Crippen LogP contribution is -2.67. The van der Waals surface area contributed by atoms with Crippen molar-refractivity contribution in [2.75, 3.05) is 39.3 Å². The van der Waals surface area contributed by atoms with Crippen LogP contribution in [0.15, 0.2) is 0 Å². The normalized spacial score (nSPS) is 27.2. The molecule has 0 bridgehead atoms. The number of aliphatic carboxylic acids is 1. The summed E-state index contributed by atoms with van der Waals surface area (Å²) in [4.78, 5) is 25.8. The molecule has 0 aromatic carbocycles. The van der Waals surface area contributed by atoms with Crippen molar-refractivity contribution >= 4 is 11.9 Å². The maximum atomic E-state index is 12.7. The number of rotatable bonds is 5. The molecule has 2 aliphatic heterocycles. The van der Waals surface area contributed by atoms with Crippen LogP contribution in [0.4, 0.5) is 13.2 Å². The second-order valence-corrected chi connectivity index (χ2v) is 8.45. The Balaban J connectivity index is 0.000000370. The van der Waals surface area contributed by atoms with Gasteiger partial charge in [0.05, 0.1) is 18.1 Å². The van der Waals surface area contributed by atoms with Crippen molar-refractivity contribution in [2.24, 2.45) is 11.3 Å². The number of hydrogen-bond donors (Lipinski definition) is 3. The maximum absolute atomic E-state index is 12.7. The molecule has 29 heavy (non-hydrogen) atoms. The largest absolute Gasteiger partial charge is 0.490 e. The van der Waals surface area contributed by atoms with Crippen molar-refractivity contribution in [3.8, 4) is 0 Å². The van der Waals surface area contributed by atoms with Gasteiger partial charge in [0, 0.05) is 26.2 Å². The van der Waals surface area contributed by atoms with Crippen LogP contribution < -0.4 is 0 Å². The molecular formula is C19H31F3N2O5. The number of alkyl halides is 3. The van der Waals surface area contributed by atoms with Crippen LogP contribution in [0.25, 0.3) is 0 Å². The summed E-state index contributed by atoms with van der Waals surface area (Å²) in [6.07, 6.45) is 2.80. The van der Waals surface area contributed by atoms with E-state index >= 15 is 0 Å².